The second kappa shape index (κ2) is 5.41. The number of hydrogen-bond donors (Lipinski definition) is 1. The molecule has 0 amide bonds. The standard InChI is InChI=1S/C16H26N2/c1-16(2,12-18(3)11-13-9-10-13)15(17)14-7-5-4-6-8-14/h4-8,13,15H,9-12,17H2,1-3H3. The number of nitrogens with two attached hydrogens (primary N) is 1. The van der Waals surface area contributed by atoms with Crippen LogP contribution in [0.3, 0.4) is 0 Å². The lowest BCUT2D eigenvalue weighted by Gasteiger charge is -2.35. The molecular formula is C16H26N2. The maximum Gasteiger partial charge on any atom is 0.0359 e. The van der Waals surface area contributed by atoms with Gasteiger partial charge < -0.3 is 10.6 Å². The van der Waals surface area contributed by atoms with Crippen LogP contribution in [0.25, 0.3) is 0 Å². The van der Waals surface area contributed by atoms with Crippen molar-refractivity contribution in [1.29, 1.82) is 0 Å². The first kappa shape index (κ1) is 13.6. The van der Waals surface area contributed by atoms with Crippen LogP contribution >= 0.6 is 0 Å². The number of rotatable bonds is 6. The molecule has 1 atom stereocenters. The molecule has 0 aliphatic heterocycles. The van der Waals surface area contributed by atoms with Crippen molar-refractivity contribution in [2.75, 3.05) is 20.1 Å². The molecule has 1 aromatic rings. The van der Waals surface area contributed by atoms with Crippen LogP contribution in [0.5, 0.6) is 0 Å². The highest BCUT2D eigenvalue weighted by molar-refractivity contribution is 5.20. The number of hydrogen-bond acceptors (Lipinski definition) is 2. The summed E-state index contributed by atoms with van der Waals surface area (Å²) in [6, 6.07) is 10.5. The zero-order chi connectivity index (χ0) is 13.2. The van der Waals surface area contributed by atoms with Gasteiger partial charge in [0, 0.05) is 19.1 Å². The Morgan fingerprint density at radius 1 is 1.28 bits per heavy atom. The molecule has 2 nitrogen and oxygen atoms in total. The van der Waals surface area contributed by atoms with E-state index in [4.69, 9.17) is 5.73 Å². The van der Waals surface area contributed by atoms with Crippen molar-refractivity contribution in [3.8, 4) is 0 Å². The average molecular weight is 246 g/mol. The fourth-order valence-electron chi connectivity index (χ4n) is 2.71. The Balaban J connectivity index is 1.95. The molecule has 2 N–H and O–H groups in total. The quantitative estimate of drug-likeness (QED) is 0.836. The van der Waals surface area contributed by atoms with Gasteiger partial charge in [0.2, 0.25) is 0 Å². The highest BCUT2D eigenvalue weighted by Crippen LogP contribution is 2.34. The van der Waals surface area contributed by atoms with Gasteiger partial charge in [-0.15, -0.1) is 0 Å². The summed E-state index contributed by atoms with van der Waals surface area (Å²) in [4.78, 5) is 2.44. The lowest BCUT2D eigenvalue weighted by molar-refractivity contribution is 0.172. The van der Waals surface area contributed by atoms with E-state index in [2.05, 4.69) is 50.1 Å². The molecular weight excluding hydrogens is 220 g/mol. The van der Waals surface area contributed by atoms with Gasteiger partial charge in [-0.25, -0.2) is 0 Å². The summed E-state index contributed by atoms with van der Waals surface area (Å²) in [7, 11) is 2.22. The van der Waals surface area contributed by atoms with E-state index in [9.17, 15) is 0 Å². The van der Waals surface area contributed by atoms with E-state index in [0.717, 1.165) is 12.5 Å². The van der Waals surface area contributed by atoms with E-state index in [1.807, 2.05) is 6.07 Å². The first-order chi connectivity index (χ1) is 8.49. The van der Waals surface area contributed by atoms with Crippen molar-refractivity contribution < 1.29 is 0 Å². The molecule has 0 aromatic heterocycles. The largest absolute Gasteiger partial charge is 0.323 e. The smallest absolute Gasteiger partial charge is 0.0359 e. The number of benzene rings is 1. The maximum absolute atomic E-state index is 6.44. The van der Waals surface area contributed by atoms with Crippen molar-refractivity contribution in [2.45, 2.75) is 32.7 Å². The van der Waals surface area contributed by atoms with Crippen LogP contribution in [-0.4, -0.2) is 25.0 Å². The molecule has 1 unspecified atom stereocenters. The normalized spacial score (nSPS) is 18.1. The van der Waals surface area contributed by atoms with Gasteiger partial charge in [0.25, 0.3) is 0 Å². The third-order valence-corrected chi connectivity index (χ3v) is 3.94. The molecule has 1 fully saturated rings. The molecule has 1 aromatic carbocycles. The number of nitrogens with zero attached hydrogens (tertiary/aromatic N) is 1. The van der Waals surface area contributed by atoms with Crippen LogP contribution in [0.4, 0.5) is 0 Å². The van der Waals surface area contributed by atoms with E-state index < -0.39 is 0 Å². The maximum atomic E-state index is 6.44. The van der Waals surface area contributed by atoms with E-state index >= 15 is 0 Å². The van der Waals surface area contributed by atoms with Crippen molar-refractivity contribution in [1.82, 2.24) is 4.90 Å². The predicted octanol–water partition coefficient (Wildman–Crippen LogP) is 3.05. The van der Waals surface area contributed by atoms with Crippen LogP contribution in [0.15, 0.2) is 30.3 Å². The molecule has 18 heavy (non-hydrogen) atoms. The van der Waals surface area contributed by atoms with E-state index in [0.29, 0.717) is 0 Å². The Hall–Kier alpha value is -0.860. The minimum atomic E-state index is 0.0975. The highest BCUT2D eigenvalue weighted by atomic mass is 15.1. The Labute approximate surface area is 111 Å². The zero-order valence-corrected chi connectivity index (χ0v) is 11.9. The van der Waals surface area contributed by atoms with Gasteiger partial charge in [-0.05, 0) is 36.8 Å². The molecule has 2 heteroatoms. The minimum Gasteiger partial charge on any atom is -0.323 e. The van der Waals surface area contributed by atoms with Crippen LogP contribution in [0.2, 0.25) is 0 Å². The third kappa shape index (κ3) is 3.56. The monoisotopic (exact) mass is 246 g/mol. The molecule has 2 rings (SSSR count). The molecule has 1 saturated carbocycles. The van der Waals surface area contributed by atoms with Gasteiger partial charge in [-0.1, -0.05) is 44.2 Å². The molecule has 0 saturated heterocycles. The van der Waals surface area contributed by atoms with Gasteiger partial charge in [-0.2, -0.15) is 0 Å². The van der Waals surface area contributed by atoms with Crippen molar-refractivity contribution >= 4 is 0 Å². The fourth-order valence-corrected chi connectivity index (χ4v) is 2.71. The second-order valence-corrected chi connectivity index (χ2v) is 6.52. The molecule has 0 bridgehead atoms. The minimum absolute atomic E-state index is 0.0975. The van der Waals surface area contributed by atoms with Crippen molar-refractivity contribution in [3.63, 3.8) is 0 Å². The summed E-state index contributed by atoms with van der Waals surface area (Å²) in [5.41, 5.74) is 7.78. The lowest BCUT2D eigenvalue weighted by Crippen LogP contribution is -2.40. The Morgan fingerprint density at radius 2 is 1.89 bits per heavy atom. The fraction of sp³-hybridized carbons (Fsp3) is 0.625. The van der Waals surface area contributed by atoms with Crippen molar-refractivity contribution in [2.24, 2.45) is 17.1 Å². The summed E-state index contributed by atoms with van der Waals surface area (Å²) < 4.78 is 0. The Kier molecular flexibility index (Phi) is 4.08. The Bertz CT molecular complexity index is 368. The average Bonchev–Trinajstić information content (AvgIpc) is 3.12. The first-order valence-electron chi connectivity index (χ1n) is 6.98. The second-order valence-electron chi connectivity index (χ2n) is 6.52. The molecule has 100 valence electrons. The summed E-state index contributed by atoms with van der Waals surface area (Å²) in [5.74, 6) is 0.943. The SMILES string of the molecule is CN(CC1CC1)CC(C)(C)C(N)c1ccccc1. The third-order valence-electron chi connectivity index (χ3n) is 3.94. The van der Waals surface area contributed by atoms with Gasteiger partial charge >= 0.3 is 0 Å². The zero-order valence-electron chi connectivity index (χ0n) is 11.9. The lowest BCUT2D eigenvalue weighted by atomic mass is 9.80. The summed E-state index contributed by atoms with van der Waals surface area (Å²) in [5, 5.41) is 0. The van der Waals surface area contributed by atoms with E-state index in [1.165, 1.54) is 24.9 Å². The molecule has 0 radical (unpaired) electrons. The topological polar surface area (TPSA) is 29.3 Å². The molecule has 1 aliphatic rings. The molecule has 0 heterocycles. The van der Waals surface area contributed by atoms with Gasteiger partial charge in [0.15, 0.2) is 0 Å². The van der Waals surface area contributed by atoms with E-state index in [-0.39, 0.29) is 11.5 Å². The van der Waals surface area contributed by atoms with E-state index in [1.54, 1.807) is 0 Å². The molecule has 1 aliphatic carbocycles. The van der Waals surface area contributed by atoms with Gasteiger partial charge in [-0.3, -0.25) is 0 Å². The molecule has 0 spiro atoms. The summed E-state index contributed by atoms with van der Waals surface area (Å²) in [6.45, 7) is 6.83. The van der Waals surface area contributed by atoms with Crippen LogP contribution in [0, 0.1) is 11.3 Å². The van der Waals surface area contributed by atoms with Crippen molar-refractivity contribution in [3.05, 3.63) is 35.9 Å². The van der Waals surface area contributed by atoms with Gasteiger partial charge in [0.05, 0.1) is 0 Å². The van der Waals surface area contributed by atoms with Gasteiger partial charge in [0.1, 0.15) is 0 Å². The highest BCUT2D eigenvalue weighted by Gasteiger charge is 2.31. The first-order valence-corrected chi connectivity index (χ1v) is 6.98. The van der Waals surface area contributed by atoms with Crippen LogP contribution in [0.1, 0.15) is 38.3 Å². The van der Waals surface area contributed by atoms with Crippen LogP contribution < -0.4 is 5.73 Å². The summed E-state index contributed by atoms with van der Waals surface area (Å²) >= 11 is 0. The predicted molar refractivity (Wildman–Crippen MR) is 77.4 cm³/mol. The van der Waals surface area contributed by atoms with Crippen LogP contribution in [-0.2, 0) is 0 Å². The Morgan fingerprint density at radius 3 is 2.44 bits per heavy atom. The summed E-state index contributed by atoms with van der Waals surface area (Å²) in [6.07, 6.45) is 2.82.